The maximum absolute atomic E-state index is 12.6. The number of nitrogens with one attached hydrogen (secondary N) is 4. The first-order valence-electron chi connectivity index (χ1n) is 13.5. The number of anilines is 1. The summed E-state index contributed by atoms with van der Waals surface area (Å²) in [6.45, 7) is -1.65. The molecule has 0 aromatic carbocycles. The number of aromatic nitrogens is 4. The minimum atomic E-state index is -5.37. The van der Waals surface area contributed by atoms with Gasteiger partial charge in [0, 0.05) is 4.86 Å². The van der Waals surface area contributed by atoms with Gasteiger partial charge in [-0.15, -0.1) is 0 Å². The van der Waals surface area contributed by atoms with Crippen LogP contribution in [0.2, 0.25) is 0 Å². The highest BCUT2D eigenvalue weighted by molar-refractivity contribution is 7.86. The van der Waals surface area contributed by atoms with Crippen LogP contribution in [0.15, 0.2) is 16.1 Å². The lowest BCUT2D eigenvalue weighted by molar-refractivity contribution is -0.124. The van der Waals surface area contributed by atoms with Gasteiger partial charge in [0.2, 0.25) is 11.9 Å². The topological polar surface area (TPSA) is 342 Å². The third kappa shape index (κ3) is 6.88. The summed E-state index contributed by atoms with van der Waals surface area (Å²) in [7, 11) is -10.7. The summed E-state index contributed by atoms with van der Waals surface area (Å²) < 4.78 is 51.6. The van der Waals surface area contributed by atoms with Crippen LogP contribution < -0.4 is 33.0 Å². The number of amidine groups is 1. The predicted octanol–water partition coefficient (Wildman–Crippen LogP) is -4.33. The molecule has 3 saturated heterocycles. The number of hydrogen-bond acceptors (Lipinski definition) is 20. The fourth-order valence-corrected chi connectivity index (χ4v) is 8.00. The number of piperazine rings is 1. The molecule has 27 heteroatoms. The summed E-state index contributed by atoms with van der Waals surface area (Å²) in [5.41, 5.74) is 10.4. The number of hydrogen-bond donors (Lipinski definition) is 11. The molecule has 23 nitrogen and oxygen atoms in total. The molecule has 4 unspecified atom stereocenters. The smallest absolute Gasteiger partial charge is 0.387 e. The van der Waals surface area contributed by atoms with Gasteiger partial charge in [-0.3, -0.25) is 39.2 Å². The first-order chi connectivity index (χ1) is 22.0. The van der Waals surface area contributed by atoms with Crippen LogP contribution in [-0.2, 0) is 36.8 Å². The SMILES string of the molecule is Nc1nc2c(ncn2[C@@H]2O[C@H](COP(=O)(O)OP(=O)(O)OC[C@H]3O[C@H]4NC5=NC(N)NC(=O)C5N[C@H]4[C@@H](S)C3=S)[C@@H](O)[C@H]2O)c(=O)[nH]1. The van der Waals surface area contributed by atoms with Crippen molar-refractivity contribution in [3.8, 4) is 0 Å². The van der Waals surface area contributed by atoms with Gasteiger partial charge in [0.1, 0.15) is 42.5 Å². The fourth-order valence-electron chi connectivity index (χ4n) is 5.24. The van der Waals surface area contributed by atoms with Gasteiger partial charge in [-0.25, -0.2) is 19.1 Å². The standard InChI is InChI=1S/C20H28N10O13P2S2/c21-19-26-13-7(15(33)28-19)24-6-12(47)11(46)5(41-17(6)25-13)2-40-45(37,38)43-44(35,36)39-1-4-9(31)10(32)18(42-4)30-3-23-8-14(30)27-20(22)29-16(8)34/h3-7,9-10,12,17-19,24,31-32,47H,1-2,21H2,(H,25,26)(H,28,33)(H,35,36)(H,37,38)(H3,22,27,29,34)/t4-,5-,6+,7?,9-,10-,12-,17-,18-,19?/m1/s1. The number of aromatic amines is 1. The number of phosphoric acid groups is 2. The molecule has 6 heterocycles. The van der Waals surface area contributed by atoms with Crippen LogP contribution in [0, 0.1) is 0 Å². The van der Waals surface area contributed by atoms with Gasteiger partial charge < -0.3 is 45.8 Å². The number of phosphoric ester groups is 2. The second kappa shape index (κ2) is 12.8. The molecule has 0 saturated carbocycles. The summed E-state index contributed by atoms with van der Waals surface area (Å²) in [4.78, 5) is 59.0. The van der Waals surface area contributed by atoms with Crippen molar-refractivity contribution < 1.29 is 56.8 Å². The van der Waals surface area contributed by atoms with E-state index in [9.17, 15) is 38.7 Å². The van der Waals surface area contributed by atoms with Crippen LogP contribution >= 0.6 is 40.5 Å². The van der Waals surface area contributed by atoms with E-state index in [0.717, 1.165) is 10.9 Å². The van der Waals surface area contributed by atoms with Crippen molar-refractivity contribution in [1.82, 2.24) is 35.5 Å². The zero-order valence-corrected chi connectivity index (χ0v) is 26.9. The van der Waals surface area contributed by atoms with Gasteiger partial charge in [0.15, 0.2) is 23.7 Å². The molecular weight excluding hydrogens is 714 g/mol. The summed E-state index contributed by atoms with van der Waals surface area (Å²) in [5, 5.41) is 28.7. The number of nitrogen functional groups attached to an aromatic ring is 1. The predicted molar refractivity (Wildman–Crippen MR) is 163 cm³/mol. The first kappa shape index (κ1) is 34.4. The molecule has 0 bridgehead atoms. The van der Waals surface area contributed by atoms with Crippen LogP contribution in [0.3, 0.4) is 0 Å². The molecule has 1 amide bonds. The van der Waals surface area contributed by atoms with Crippen molar-refractivity contribution in [1.29, 1.82) is 0 Å². The van der Waals surface area contributed by atoms with Crippen LogP contribution in [0.4, 0.5) is 5.95 Å². The second-order valence-corrected chi connectivity index (χ2v) is 14.6. The first-order valence-corrected chi connectivity index (χ1v) is 17.4. The Morgan fingerprint density at radius 2 is 1.81 bits per heavy atom. The van der Waals surface area contributed by atoms with E-state index in [2.05, 4.69) is 52.8 Å². The lowest BCUT2D eigenvalue weighted by Crippen LogP contribution is -2.76. The van der Waals surface area contributed by atoms with Crippen molar-refractivity contribution in [2.45, 2.75) is 60.5 Å². The molecule has 2 aromatic rings. The molecule has 0 spiro atoms. The highest BCUT2D eigenvalue weighted by atomic mass is 32.1. The highest BCUT2D eigenvalue weighted by Gasteiger charge is 2.50. The van der Waals surface area contributed by atoms with Crippen molar-refractivity contribution in [2.24, 2.45) is 10.7 Å². The molecule has 12 N–H and O–H groups in total. The Balaban J connectivity index is 1.04. The molecular formula is C20H28N10O13P2S2. The lowest BCUT2D eigenvalue weighted by Gasteiger charge is -2.47. The maximum atomic E-state index is 12.6. The van der Waals surface area contributed by atoms with E-state index in [4.69, 9.17) is 42.2 Å². The largest absolute Gasteiger partial charge is 0.481 e. The van der Waals surface area contributed by atoms with Crippen molar-refractivity contribution in [3.63, 3.8) is 0 Å². The van der Waals surface area contributed by atoms with Crippen LogP contribution in [-0.4, -0.2) is 124 Å². The number of aliphatic imine (C=N–C) groups is 1. The molecule has 6 rings (SSSR count). The molecule has 12 atom stereocenters. The molecule has 3 fully saturated rings. The Bertz CT molecular complexity index is 1780. The van der Waals surface area contributed by atoms with E-state index in [-0.39, 0.29) is 27.8 Å². The molecule has 0 aliphatic carbocycles. The number of thiol groups is 1. The van der Waals surface area contributed by atoms with E-state index in [1.807, 2.05) is 0 Å². The number of H-pyrrole nitrogens is 1. The quantitative estimate of drug-likeness (QED) is 0.0657. The molecule has 0 radical (unpaired) electrons. The summed E-state index contributed by atoms with van der Waals surface area (Å²) in [6.07, 6.45) is -8.17. The van der Waals surface area contributed by atoms with Crippen LogP contribution in [0.1, 0.15) is 6.23 Å². The average molecular weight is 743 g/mol. The summed E-state index contributed by atoms with van der Waals surface area (Å²) in [5.74, 6) is -0.499. The van der Waals surface area contributed by atoms with Gasteiger partial charge in [-0.2, -0.15) is 21.9 Å². The Kier molecular flexibility index (Phi) is 9.36. The number of aliphatic hydroxyl groups excluding tert-OH is 2. The van der Waals surface area contributed by atoms with E-state index >= 15 is 0 Å². The van der Waals surface area contributed by atoms with Gasteiger partial charge >= 0.3 is 15.6 Å². The highest BCUT2D eigenvalue weighted by Crippen LogP contribution is 2.60. The minimum Gasteiger partial charge on any atom is -0.387 e. The molecule has 2 aromatic heterocycles. The van der Waals surface area contributed by atoms with E-state index in [0.29, 0.717) is 0 Å². The third-order valence-corrected chi connectivity index (χ3v) is 11.3. The van der Waals surface area contributed by atoms with Gasteiger partial charge in [-0.1, -0.05) is 12.2 Å². The number of ether oxygens (including phenoxy) is 2. The van der Waals surface area contributed by atoms with E-state index < -0.39 is 101 Å². The lowest BCUT2D eigenvalue weighted by atomic mass is 9.97. The molecule has 4 aliphatic heterocycles. The average Bonchev–Trinajstić information content (AvgIpc) is 3.52. The van der Waals surface area contributed by atoms with Gasteiger partial charge in [0.25, 0.3) is 5.56 Å². The zero-order valence-electron chi connectivity index (χ0n) is 23.4. The van der Waals surface area contributed by atoms with Crippen molar-refractivity contribution >= 4 is 74.2 Å². The van der Waals surface area contributed by atoms with Gasteiger partial charge in [-0.05, 0) is 0 Å². The summed E-state index contributed by atoms with van der Waals surface area (Å²) >= 11 is 9.87. The number of carbonyl (C=O) groups excluding carboxylic acids is 1. The third-order valence-electron chi connectivity index (χ3n) is 7.40. The maximum Gasteiger partial charge on any atom is 0.481 e. The number of imidazole rings is 1. The zero-order chi connectivity index (χ0) is 34.0. The van der Waals surface area contributed by atoms with E-state index in [1.165, 1.54) is 0 Å². The number of thiocarbonyl (C=S) groups is 1. The Morgan fingerprint density at radius 1 is 1.11 bits per heavy atom. The Hall–Kier alpha value is -2.45. The second-order valence-electron chi connectivity index (χ2n) is 10.6. The van der Waals surface area contributed by atoms with Gasteiger partial charge in [0.05, 0.1) is 30.8 Å². The number of nitrogens with zero attached hydrogens (tertiary/aromatic N) is 4. The monoisotopic (exact) mass is 742 g/mol. The van der Waals surface area contributed by atoms with Crippen molar-refractivity contribution in [2.75, 3.05) is 18.9 Å². The summed E-state index contributed by atoms with van der Waals surface area (Å²) in [6, 6.07) is -1.50. The van der Waals surface area contributed by atoms with Crippen LogP contribution in [0.5, 0.6) is 0 Å². The minimum absolute atomic E-state index is 0.0844. The number of fused-ring (bicyclic) bond motifs is 3. The number of rotatable bonds is 9. The number of aliphatic hydroxyl groups is 2. The Labute approximate surface area is 273 Å². The normalized spacial score (nSPS) is 36.4. The van der Waals surface area contributed by atoms with E-state index in [1.54, 1.807) is 0 Å². The molecule has 258 valence electrons. The number of nitrogens with two attached hydrogens (primary N) is 2. The van der Waals surface area contributed by atoms with Crippen LogP contribution in [0.25, 0.3) is 11.2 Å². The number of carbonyl (C=O) groups is 1. The fraction of sp³-hybridized carbons (Fsp3) is 0.600. The molecule has 4 aliphatic rings. The Morgan fingerprint density at radius 3 is 2.53 bits per heavy atom. The number of amides is 1. The van der Waals surface area contributed by atoms with Crippen molar-refractivity contribution in [3.05, 3.63) is 16.7 Å². The molecule has 47 heavy (non-hydrogen) atoms.